The van der Waals surface area contributed by atoms with Gasteiger partial charge in [0.1, 0.15) is 0 Å². The van der Waals surface area contributed by atoms with Gasteiger partial charge < -0.3 is 30.4 Å². The van der Waals surface area contributed by atoms with Crippen molar-refractivity contribution in [2.45, 2.75) is 13.0 Å². The number of aliphatic carboxylic acids is 1. The second-order valence-corrected chi connectivity index (χ2v) is 7.70. The first-order valence-corrected chi connectivity index (χ1v) is 9.77. The summed E-state index contributed by atoms with van der Waals surface area (Å²) in [6, 6.07) is 13.9. The predicted molar refractivity (Wildman–Crippen MR) is 106 cm³/mol. The topological polar surface area (TPSA) is 121 Å². The molecule has 2 aromatic rings. The lowest BCUT2D eigenvalue weighted by atomic mass is 9.82. The smallest absolute Gasteiger partial charge is 0.228 e. The second kappa shape index (κ2) is 8.02. The Morgan fingerprint density at radius 3 is 2.27 bits per heavy atom. The summed E-state index contributed by atoms with van der Waals surface area (Å²) in [5, 5.41) is 28.8. The van der Waals surface area contributed by atoms with E-state index in [0.717, 1.165) is 5.56 Å². The largest absolute Gasteiger partial charge is 0.550 e. The molecule has 0 aromatic heterocycles. The first-order valence-electron chi connectivity index (χ1n) is 9.77. The van der Waals surface area contributed by atoms with Crippen molar-refractivity contribution in [3.05, 3.63) is 71.8 Å². The van der Waals surface area contributed by atoms with E-state index in [9.17, 15) is 24.6 Å². The quantitative estimate of drug-likeness (QED) is 0.658. The molecule has 4 atom stereocenters. The first kappa shape index (κ1) is 19.7. The highest BCUT2D eigenvalue weighted by atomic mass is 16.4. The van der Waals surface area contributed by atoms with Gasteiger partial charge in [0.15, 0.2) is 0 Å². The molecule has 30 heavy (non-hydrogen) atoms. The molecule has 0 radical (unpaired) electrons. The van der Waals surface area contributed by atoms with E-state index in [-0.39, 0.29) is 23.1 Å². The molecule has 1 saturated carbocycles. The van der Waals surface area contributed by atoms with Gasteiger partial charge in [0, 0.05) is 18.4 Å². The lowest BCUT2D eigenvalue weighted by Crippen LogP contribution is -2.43. The molecule has 1 fully saturated rings. The van der Waals surface area contributed by atoms with Crippen molar-refractivity contribution >= 4 is 29.2 Å². The average Bonchev–Trinajstić information content (AvgIpc) is 3.35. The van der Waals surface area contributed by atoms with E-state index in [4.69, 9.17) is 0 Å². The molecule has 2 N–H and O–H groups in total. The number of carboxylic acids is 2. The molecule has 0 saturated heterocycles. The van der Waals surface area contributed by atoms with Crippen molar-refractivity contribution in [2.75, 3.05) is 10.6 Å². The van der Waals surface area contributed by atoms with Crippen LogP contribution in [0.5, 0.6) is 0 Å². The van der Waals surface area contributed by atoms with Crippen molar-refractivity contribution in [1.82, 2.24) is 0 Å². The summed E-state index contributed by atoms with van der Waals surface area (Å²) in [5.74, 6) is -5.07. The van der Waals surface area contributed by atoms with E-state index in [2.05, 4.69) is 10.6 Å². The van der Waals surface area contributed by atoms with Gasteiger partial charge in [-0.3, -0.25) is 4.79 Å². The maximum atomic E-state index is 13.0. The van der Waals surface area contributed by atoms with E-state index in [1.54, 1.807) is 6.07 Å². The Bertz CT molecular complexity index is 1020. The molecule has 154 valence electrons. The molecule has 4 rings (SSSR count). The van der Waals surface area contributed by atoms with Gasteiger partial charge in [-0.25, -0.2) is 0 Å². The van der Waals surface area contributed by atoms with Crippen molar-refractivity contribution in [2.24, 2.45) is 23.7 Å². The fourth-order valence-corrected chi connectivity index (χ4v) is 4.44. The number of hydrogen-bond acceptors (Lipinski definition) is 6. The lowest BCUT2D eigenvalue weighted by Gasteiger charge is -2.28. The van der Waals surface area contributed by atoms with Crippen LogP contribution in [0.25, 0.3) is 0 Å². The van der Waals surface area contributed by atoms with Crippen molar-refractivity contribution in [1.29, 1.82) is 0 Å². The maximum Gasteiger partial charge on any atom is 0.228 e. The summed E-state index contributed by atoms with van der Waals surface area (Å²) >= 11 is 0. The summed E-state index contributed by atoms with van der Waals surface area (Å²) in [7, 11) is 0. The number of hydrogen-bond donors (Lipinski definition) is 2. The molecule has 0 unspecified atom stereocenters. The Morgan fingerprint density at radius 1 is 0.900 bits per heavy atom. The zero-order valence-electron chi connectivity index (χ0n) is 16.0. The molecule has 7 nitrogen and oxygen atoms in total. The highest BCUT2D eigenvalue weighted by Crippen LogP contribution is 2.48. The summed E-state index contributed by atoms with van der Waals surface area (Å²) in [6.45, 7) is 0.465. The summed E-state index contributed by atoms with van der Waals surface area (Å²) < 4.78 is 0. The molecule has 1 amide bonds. The van der Waals surface area contributed by atoms with Crippen molar-refractivity contribution in [3.8, 4) is 0 Å². The van der Waals surface area contributed by atoms with Crippen LogP contribution in [-0.4, -0.2) is 17.8 Å². The van der Waals surface area contributed by atoms with Gasteiger partial charge in [-0.1, -0.05) is 48.6 Å². The third-order valence-corrected chi connectivity index (χ3v) is 5.87. The third-order valence-electron chi connectivity index (χ3n) is 5.87. The van der Waals surface area contributed by atoms with Gasteiger partial charge in [-0.05, 0) is 41.5 Å². The van der Waals surface area contributed by atoms with Crippen LogP contribution in [0.4, 0.5) is 11.4 Å². The molecule has 2 bridgehead atoms. The molecular formula is C23H20N2O5-2. The van der Waals surface area contributed by atoms with Gasteiger partial charge in [0.25, 0.3) is 0 Å². The van der Waals surface area contributed by atoms with Gasteiger partial charge >= 0.3 is 0 Å². The van der Waals surface area contributed by atoms with Crippen LogP contribution in [0.15, 0.2) is 60.7 Å². The number of aromatic carboxylic acids is 1. The van der Waals surface area contributed by atoms with E-state index in [1.807, 2.05) is 42.5 Å². The number of carboxylic acid groups (broad SMARTS) is 2. The summed E-state index contributed by atoms with van der Waals surface area (Å²) in [4.78, 5) is 35.9. The minimum absolute atomic E-state index is 0.0835. The first-order chi connectivity index (χ1) is 14.4. The van der Waals surface area contributed by atoms with Crippen LogP contribution >= 0.6 is 0 Å². The second-order valence-electron chi connectivity index (χ2n) is 7.70. The average molecular weight is 404 g/mol. The molecular weight excluding hydrogens is 384 g/mol. The Labute approximate surface area is 173 Å². The molecule has 0 aliphatic heterocycles. The Hall–Kier alpha value is -3.61. The van der Waals surface area contributed by atoms with Crippen LogP contribution in [0.2, 0.25) is 0 Å². The van der Waals surface area contributed by atoms with Crippen LogP contribution in [0.1, 0.15) is 22.3 Å². The minimum atomic E-state index is -1.37. The monoisotopic (exact) mass is 404 g/mol. The molecule has 0 heterocycles. The van der Waals surface area contributed by atoms with Crippen LogP contribution in [0.3, 0.4) is 0 Å². The molecule has 2 aliphatic rings. The number of anilines is 2. The number of fused-ring (bicyclic) bond motifs is 2. The Morgan fingerprint density at radius 2 is 1.60 bits per heavy atom. The fourth-order valence-electron chi connectivity index (χ4n) is 4.44. The minimum Gasteiger partial charge on any atom is -0.550 e. The van der Waals surface area contributed by atoms with Crippen LogP contribution < -0.4 is 20.8 Å². The van der Waals surface area contributed by atoms with E-state index in [1.165, 1.54) is 12.1 Å². The summed E-state index contributed by atoms with van der Waals surface area (Å²) in [5.41, 5.74) is 1.72. The maximum absolute atomic E-state index is 13.0. The van der Waals surface area contributed by atoms with Crippen molar-refractivity contribution < 1.29 is 24.6 Å². The SMILES string of the molecule is O=C([O-])c1ccc(NCc2ccccc2)c(NC(=O)[C@H]2[C@@H](C(=O)[O-])[C@H]3C=C[C@H]2C3)c1. The van der Waals surface area contributed by atoms with Crippen molar-refractivity contribution in [3.63, 3.8) is 0 Å². The zero-order chi connectivity index (χ0) is 21.3. The number of carbonyl (C=O) groups is 3. The van der Waals surface area contributed by atoms with Gasteiger partial charge in [-0.15, -0.1) is 0 Å². The number of benzene rings is 2. The Balaban J connectivity index is 1.57. The normalized spacial score (nSPS) is 23.9. The van der Waals surface area contributed by atoms with Gasteiger partial charge in [0.2, 0.25) is 5.91 Å². The molecule has 2 aliphatic carbocycles. The van der Waals surface area contributed by atoms with Gasteiger partial charge in [-0.2, -0.15) is 0 Å². The molecule has 0 spiro atoms. The Kier molecular flexibility index (Phi) is 5.27. The van der Waals surface area contributed by atoms with E-state index in [0.29, 0.717) is 18.7 Å². The van der Waals surface area contributed by atoms with E-state index < -0.39 is 29.7 Å². The highest BCUT2D eigenvalue weighted by Gasteiger charge is 2.48. The molecule has 2 aromatic carbocycles. The standard InChI is InChI=1S/C23H22N2O5/c26-21(19-14-6-7-15(10-14)20(19)23(29)30)25-18-11-16(22(27)28)8-9-17(18)24-12-13-4-2-1-3-5-13/h1-9,11,14-15,19-20,24H,10,12H2,(H,25,26)(H,27,28)(H,29,30)/p-2/t14-,15-,19+,20-/m0/s1. The number of carbonyl (C=O) groups excluding carboxylic acids is 3. The van der Waals surface area contributed by atoms with E-state index >= 15 is 0 Å². The highest BCUT2D eigenvalue weighted by molar-refractivity contribution is 6.00. The number of rotatable bonds is 7. The predicted octanol–water partition coefficient (Wildman–Crippen LogP) is 0.789. The number of nitrogens with one attached hydrogen (secondary N) is 2. The molecule has 7 heteroatoms. The third kappa shape index (κ3) is 3.78. The fraction of sp³-hybridized carbons (Fsp3) is 0.261. The number of allylic oxidation sites excluding steroid dienone is 2. The number of amides is 1. The van der Waals surface area contributed by atoms with Crippen LogP contribution in [0, 0.1) is 23.7 Å². The summed E-state index contributed by atoms with van der Waals surface area (Å²) in [6.07, 6.45) is 4.31. The van der Waals surface area contributed by atoms with Crippen LogP contribution in [-0.2, 0) is 16.1 Å². The lowest BCUT2D eigenvalue weighted by molar-refractivity contribution is -0.313. The zero-order valence-corrected chi connectivity index (χ0v) is 16.0. The van der Waals surface area contributed by atoms with Gasteiger partial charge in [0.05, 0.1) is 23.3 Å².